The summed E-state index contributed by atoms with van der Waals surface area (Å²) in [6, 6.07) is 12.7. The van der Waals surface area contributed by atoms with Crippen LogP contribution in [0.5, 0.6) is 0 Å². The summed E-state index contributed by atoms with van der Waals surface area (Å²) in [5.74, 6) is -0.336. The van der Waals surface area contributed by atoms with Crippen molar-refractivity contribution in [1.29, 1.82) is 0 Å². The molecule has 2 rings (SSSR count). The first kappa shape index (κ1) is 13.0. The van der Waals surface area contributed by atoms with E-state index in [0.29, 0.717) is 11.3 Å². The van der Waals surface area contributed by atoms with E-state index in [1.807, 2.05) is 0 Å². The Morgan fingerprint density at radius 1 is 1.16 bits per heavy atom. The minimum atomic E-state index is -0.597. The van der Waals surface area contributed by atoms with E-state index in [4.69, 9.17) is 11.6 Å². The smallest absolute Gasteiger partial charge is 0.289 e. The number of nitro benzene ring substituents is 1. The first-order valence-corrected chi connectivity index (χ1v) is 5.76. The lowest BCUT2D eigenvalue weighted by atomic mass is 10.2. The summed E-state index contributed by atoms with van der Waals surface area (Å²) in [6.07, 6.45) is 0. The fourth-order valence-electron chi connectivity index (χ4n) is 1.52. The van der Waals surface area contributed by atoms with Crippen LogP contribution < -0.4 is 5.32 Å². The highest BCUT2D eigenvalue weighted by Crippen LogP contribution is 2.27. The largest absolute Gasteiger partial charge is 0.322 e. The van der Waals surface area contributed by atoms with Crippen LogP contribution in [0, 0.1) is 10.1 Å². The Hall–Kier alpha value is -2.40. The van der Waals surface area contributed by atoms with Crippen molar-refractivity contribution in [3.05, 3.63) is 69.2 Å². The summed E-state index contributed by atoms with van der Waals surface area (Å²) >= 11 is 5.69. The lowest BCUT2D eigenvalue weighted by molar-refractivity contribution is -0.384. The van der Waals surface area contributed by atoms with E-state index < -0.39 is 4.92 Å². The Morgan fingerprint density at radius 3 is 2.47 bits per heavy atom. The lowest BCUT2D eigenvalue weighted by Gasteiger charge is -2.05. The van der Waals surface area contributed by atoms with Gasteiger partial charge in [0.05, 0.1) is 4.92 Å². The number of anilines is 1. The van der Waals surface area contributed by atoms with Gasteiger partial charge in [-0.25, -0.2) is 0 Å². The highest BCUT2D eigenvalue weighted by Gasteiger charge is 2.14. The Balaban J connectivity index is 2.23. The molecule has 0 radical (unpaired) electrons. The molecule has 96 valence electrons. The highest BCUT2D eigenvalue weighted by molar-refractivity contribution is 6.32. The predicted molar refractivity (Wildman–Crippen MR) is 72.5 cm³/mol. The third-order valence-corrected chi connectivity index (χ3v) is 2.76. The molecule has 19 heavy (non-hydrogen) atoms. The SMILES string of the molecule is O=C(Nc1ccc(Cl)c([N+](=O)[O-])c1)c1ccccc1. The highest BCUT2D eigenvalue weighted by atomic mass is 35.5. The molecule has 1 amide bonds. The summed E-state index contributed by atoms with van der Waals surface area (Å²) in [4.78, 5) is 22.0. The van der Waals surface area contributed by atoms with Crippen LogP contribution in [0.4, 0.5) is 11.4 Å². The molecule has 0 spiro atoms. The molecule has 0 saturated heterocycles. The van der Waals surface area contributed by atoms with Crippen molar-refractivity contribution < 1.29 is 9.72 Å². The number of carbonyl (C=O) groups is 1. The van der Waals surface area contributed by atoms with Gasteiger partial charge in [0.15, 0.2) is 0 Å². The van der Waals surface area contributed by atoms with Gasteiger partial charge in [-0.3, -0.25) is 14.9 Å². The topological polar surface area (TPSA) is 72.2 Å². The molecule has 0 aromatic heterocycles. The Bertz CT molecular complexity index is 629. The summed E-state index contributed by atoms with van der Waals surface area (Å²) in [5.41, 5.74) is 0.553. The Labute approximate surface area is 114 Å². The molecule has 0 aliphatic carbocycles. The van der Waals surface area contributed by atoms with Crippen LogP contribution in [0.3, 0.4) is 0 Å². The molecule has 0 heterocycles. The number of rotatable bonds is 3. The summed E-state index contributed by atoms with van der Waals surface area (Å²) in [7, 11) is 0. The number of nitrogens with zero attached hydrogens (tertiary/aromatic N) is 1. The van der Waals surface area contributed by atoms with Gasteiger partial charge in [-0.15, -0.1) is 0 Å². The van der Waals surface area contributed by atoms with E-state index in [9.17, 15) is 14.9 Å². The quantitative estimate of drug-likeness (QED) is 0.689. The van der Waals surface area contributed by atoms with Gasteiger partial charge in [0, 0.05) is 17.3 Å². The van der Waals surface area contributed by atoms with Crippen molar-refractivity contribution in [2.24, 2.45) is 0 Å². The second-order valence-corrected chi connectivity index (χ2v) is 4.15. The van der Waals surface area contributed by atoms with Crippen molar-refractivity contribution in [3.63, 3.8) is 0 Å². The monoisotopic (exact) mass is 276 g/mol. The minimum Gasteiger partial charge on any atom is -0.322 e. The van der Waals surface area contributed by atoms with Gasteiger partial charge >= 0.3 is 0 Å². The number of nitrogens with one attached hydrogen (secondary N) is 1. The van der Waals surface area contributed by atoms with E-state index in [2.05, 4.69) is 5.32 Å². The molecule has 2 aromatic rings. The lowest BCUT2D eigenvalue weighted by Crippen LogP contribution is -2.11. The second-order valence-electron chi connectivity index (χ2n) is 3.74. The third kappa shape index (κ3) is 3.08. The van der Waals surface area contributed by atoms with Gasteiger partial charge in [0.2, 0.25) is 0 Å². The zero-order chi connectivity index (χ0) is 13.8. The molecule has 0 fully saturated rings. The molecule has 0 atom stereocenters. The van der Waals surface area contributed by atoms with Crippen molar-refractivity contribution >= 4 is 28.9 Å². The van der Waals surface area contributed by atoms with Gasteiger partial charge in [-0.2, -0.15) is 0 Å². The molecule has 0 bridgehead atoms. The van der Waals surface area contributed by atoms with Gasteiger partial charge < -0.3 is 5.32 Å². The number of hydrogen-bond donors (Lipinski definition) is 1. The predicted octanol–water partition coefficient (Wildman–Crippen LogP) is 3.50. The van der Waals surface area contributed by atoms with Gasteiger partial charge in [-0.1, -0.05) is 29.8 Å². The maximum atomic E-state index is 11.9. The normalized spacial score (nSPS) is 9.95. The zero-order valence-corrected chi connectivity index (χ0v) is 10.4. The molecule has 2 aromatic carbocycles. The molecular weight excluding hydrogens is 268 g/mol. The molecule has 5 nitrogen and oxygen atoms in total. The summed E-state index contributed by atoms with van der Waals surface area (Å²) in [6.45, 7) is 0. The number of amides is 1. The number of halogens is 1. The standard InChI is InChI=1S/C13H9ClN2O3/c14-11-7-6-10(8-12(11)16(18)19)15-13(17)9-4-2-1-3-5-9/h1-8H,(H,15,17). The first-order chi connectivity index (χ1) is 9.08. The Kier molecular flexibility index (Phi) is 3.77. The fourth-order valence-corrected chi connectivity index (χ4v) is 1.71. The van der Waals surface area contributed by atoms with Crippen molar-refractivity contribution in [1.82, 2.24) is 0 Å². The maximum absolute atomic E-state index is 11.9. The van der Waals surface area contributed by atoms with E-state index in [1.165, 1.54) is 18.2 Å². The van der Waals surface area contributed by atoms with E-state index in [-0.39, 0.29) is 16.6 Å². The van der Waals surface area contributed by atoms with Crippen LogP contribution in [0.15, 0.2) is 48.5 Å². The molecule has 0 unspecified atom stereocenters. The zero-order valence-electron chi connectivity index (χ0n) is 9.67. The van der Waals surface area contributed by atoms with Crippen LogP contribution in [-0.2, 0) is 0 Å². The van der Waals surface area contributed by atoms with Crippen LogP contribution >= 0.6 is 11.6 Å². The third-order valence-electron chi connectivity index (χ3n) is 2.44. The molecule has 0 aliphatic heterocycles. The number of carbonyl (C=O) groups excluding carboxylic acids is 1. The van der Waals surface area contributed by atoms with Crippen molar-refractivity contribution in [2.45, 2.75) is 0 Å². The van der Waals surface area contributed by atoms with Crippen LogP contribution in [0.25, 0.3) is 0 Å². The summed E-state index contributed by atoms with van der Waals surface area (Å²) in [5, 5.41) is 13.3. The fraction of sp³-hybridized carbons (Fsp3) is 0. The average Bonchev–Trinajstić information content (AvgIpc) is 2.41. The minimum absolute atomic E-state index is 0.0303. The van der Waals surface area contributed by atoms with Gasteiger partial charge in [0.1, 0.15) is 5.02 Å². The van der Waals surface area contributed by atoms with Crippen LogP contribution in [-0.4, -0.2) is 10.8 Å². The number of benzene rings is 2. The second kappa shape index (κ2) is 5.49. The molecule has 1 N–H and O–H groups in total. The van der Waals surface area contributed by atoms with Gasteiger partial charge in [-0.05, 0) is 24.3 Å². The van der Waals surface area contributed by atoms with Gasteiger partial charge in [0.25, 0.3) is 11.6 Å². The van der Waals surface area contributed by atoms with Crippen LogP contribution in [0.1, 0.15) is 10.4 Å². The first-order valence-electron chi connectivity index (χ1n) is 5.38. The number of hydrogen-bond acceptors (Lipinski definition) is 3. The molecule has 0 saturated carbocycles. The average molecular weight is 277 g/mol. The van der Waals surface area contributed by atoms with Crippen LogP contribution in [0.2, 0.25) is 5.02 Å². The van der Waals surface area contributed by atoms with E-state index in [0.717, 1.165) is 0 Å². The summed E-state index contributed by atoms with van der Waals surface area (Å²) < 4.78 is 0. The molecular formula is C13H9ClN2O3. The molecule has 0 aliphatic rings. The molecule has 6 heteroatoms. The van der Waals surface area contributed by atoms with E-state index in [1.54, 1.807) is 30.3 Å². The van der Waals surface area contributed by atoms with Crippen molar-refractivity contribution in [2.75, 3.05) is 5.32 Å². The maximum Gasteiger partial charge on any atom is 0.289 e. The Morgan fingerprint density at radius 2 is 1.84 bits per heavy atom. The number of nitro groups is 1. The van der Waals surface area contributed by atoms with Crippen molar-refractivity contribution in [3.8, 4) is 0 Å². The van der Waals surface area contributed by atoms with E-state index >= 15 is 0 Å².